The zero-order chi connectivity index (χ0) is 26.1. The molecule has 3 rings (SSSR count). The number of methoxy groups -OCH3 is 1. The molecule has 1 aromatic carbocycles. The quantitative estimate of drug-likeness (QED) is 0.340. The largest absolute Gasteiger partial charge is 0.385 e. The molecular weight excluding hydrogens is 450 g/mol. The summed E-state index contributed by atoms with van der Waals surface area (Å²) in [7, 11) is 3.73. The number of nitrogens with one attached hydrogen (secondary N) is 1. The van der Waals surface area contributed by atoms with Crippen LogP contribution >= 0.6 is 0 Å². The third-order valence-electron chi connectivity index (χ3n) is 9.12. The predicted octanol–water partition coefficient (Wildman–Crippen LogP) is 5.27. The smallest absolute Gasteiger partial charge is 0.315 e. The lowest BCUT2D eigenvalue weighted by atomic mass is 9.65. The zero-order valence-electron chi connectivity index (χ0n) is 23.2. The van der Waals surface area contributed by atoms with Crippen LogP contribution in [0.5, 0.6) is 0 Å². The van der Waals surface area contributed by atoms with E-state index in [-0.39, 0.29) is 23.9 Å². The standard InChI is InChI=1S/C30H51N3O3/c1-22-12-10-15-26(23(22)2)30(35,17-8-9-19-36-4)27-16-11-18-33(29(31)34)28(27)25(21-32-3)20-24-13-6-5-7-14-24/h10,12,15,24-25,27-28,32,35H,5-9,11,13-14,16-21H2,1-4H3,(H2,31,34)/t25-,27?,28?,30+/m0/s1. The Kier molecular flexibility index (Phi) is 11.1. The molecule has 0 radical (unpaired) electrons. The van der Waals surface area contributed by atoms with Crippen molar-refractivity contribution in [2.45, 2.75) is 96.1 Å². The second kappa shape index (κ2) is 13.8. The highest BCUT2D eigenvalue weighted by Crippen LogP contribution is 2.47. The summed E-state index contributed by atoms with van der Waals surface area (Å²) < 4.78 is 5.32. The fraction of sp³-hybridized carbons (Fsp3) is 0.767. The molecule has 0 aromatic heterocycles. The summed E-state index contributed by atoms with van der Waals surface area (Å²) in [5, 5.41) is 16.2. The van der Waals surface area contributed by atoms with E-state index in [1.54, 1.807) is 7.11 Å². The predicted molar refractivity (Wildman–Crippen MR) is 147 cm³/mol. The number of ether oxygens (including phenoxy) is 1. The normalized spacial score (nSPS) is 23.9. The molecule has 1 aliphatic heterocycles. The molecule has 36 heavy (non-hydrogen) atoms. The minimum absolute atomic E-state index is 0.0660. The third-order valence-corrected chi connectivity index (χ3v) is 9.12. The topological polar surface area (TPSA) is 87.8 Å². The Balaban J connectivity index is 2.04. The molecule has 0 bridgehead atoms. The molecule has 6 heteroatoms. The highest BCUT2D eigenvalue weighted by atomic mass is 16.5. The number of unbranched alkanes of at least 4 members (excludes halogenated alkanes) is 1. The van der Waals surface area contributed by atoms with Crippen LogP contribution in [0.1, 0.15) is 87.3 Å². The van der Waals surface area contributed by atoms with Gasteiger partial charge in [-0.05, 0) is 94.5 Å². The van der Waals surface area contributed by atoms with Gasteiger partial charge in [-0.15, -0.1) is 0 Å². The summed E-state index contributed by atoms with van der Waals surface area (Å²) in [6.07, 6.45) is 11.8. The number of nitrogens with two attached hydrogens (primary N) is 1. The average molecular weight is 502 g/mol. The summed E-state index contributed by atoms with van der Waals surface area (Å²) in [6, 6.07) is 5.85. The molecule has 2 unspecified atom stereocenters. The van der Waals surface area contributed by atoms with Gasteiger partial charge in [0.05, 0.1) is 5.60 Å². The van der Waals surface area contributed by atoms with E-state index in [1.807, 2.05) is 11.9 Å². The van der Waals surface area contributed by atoms with E-state index in [0.29, 0.717) is 25.5 Å². The van der Waals surface area contributed by atoms with Crippen molar-refractivity contribution < 1.29 is 14.6 Å². The van der Waals surface area contributed by atoms with Crippen LogP contribution in [0.2, 0.25) is 0 Å². The molecule has 1 saturated carbocycles. The van der Waals surface area contributed by atoms with Crippen LogP contribution in [0, 0.1) is 31.6 Å². The Bertz CT molecular complexity index is 826. The van der Waals surface area contributed by atoms with E-state index < -0.39 is 5.60 Å². The number of rotatable bonds is 12. The number of aryl methyl sites for hydroxylation is 1. The van der Waals surface area contributed by atoms with Gasteiger partial charge in [0.25, 0.3) is 0 Å². The van der Waals surface area contributed by atoms with Gasteiger partial charge < -0.3 is 25.8 Å². The second-order valence-electron chi connectivity index (χ2n) is 11.5. The molecule has 2 amide bonds. The van der Waals surface area contributed by atoms with Crippen molar-refractivity contribution in [1.29, 1.82) is 0 Å². The maximum absolute atomic E-state index is 12.8. The molecule has 1 heterocycles. The van der Waals surface area contributed by atoms with Crippen molar-refractivity contribution in [3.05, 3.63) is 34.9 Å². The second-order valence-corrected chi connectivity index (χ2v) is 11.5. The van der Waals surface area contributed by atoms with Gasteiger partial charge in [0.1, 0.15) is 0 Å². The number of carbonyl (C=O) groups is 1. The van der Waals surface area contributed by atoms with Gasteiger partial charge in [-0.1, -0.05) is 50.3 Å². The number of primary amides is 1. The minimum Gasteiger partial charge on any atom is -0.385 e. The Labute approximate surface area is 219 Å². The summed E-state index contributed by atoms with van der Waals surface area (Å²) in [5.74, 6) is 0.875. The van der Waals surface area contributed by atoms with Gasteiger partial charge in [0.2, 0.25) is 0 Å². The lowest BCUT2D eigenvalue weighted by Crippen LogP contribution is -2.60. The molecule has 204 valence electrons. The van der Waals surface area contributed by atoms with Crippen molar-refractivity contribution >= 4 is 6.03 Å². The molecular formula is C30H51N3O3. The van der Waals surface area contributed by atoms with Crippen LogP contribution in [-0.4, -0.2) is 55.9 Å². The Hall–Kier alpha value is -1.63. The van der Waals surface area contributed by atoms with Crippen LogP contribution in [0.3, 0.4) is 0 Å². The monoisotopic (exact) mass is 501 g/mol. The van der Waals surface area contributed by atoms with E-state index in [4.69, 9.17) is 10.5 Å². The number of piperidine rings is 1. The number of carbonyl (C=O) groups excluding carboxylic acids is 1. The van der Waals surface area contributed by atoms with E-state index in [1.165, 1.54) is 37.7 Å². The number of aliphatic hydroxyl groups is 1. The summed E-state index contributed by atoms with van der Waals surface area (Å²) in [6.45, 7) is 6.43. The third kappa shape index (κ3) is 6.81. The van der Waals surface area contributed by atoms with Crippen molar-refractivity contribution in [3.63, 3.8) is 0 Å². The molecule has 6 nitrogen and oxygen atoms in total. The number of urea groups is 1. The number of hydrogen-bond donors (Lipinski definition) is 3. The van der Waals surface area contributed by atoms with Crippen molar-refractivity contribution in [1.82, 2.24) is 10.2 Å². The Morgan fingerprint density at radius 3 is 2.61 bits per heavy atom. The first-order chi connectivity index (χ1) is 17.3. The summed E-state index contributed by atoms with van der Waals surface area (Å²) >= 11 is 0. The number of likely N-dealkylation sites (tertiary alicyclic amines) is 1. The highest BCUT2D eigenvalue weighted by Gasteiger charge is 2.50. The maximum atomic E-state index is 12.8. The van der Waals surface area contributed by atoms with E-state index in [0.717, 1.165) is 49.8 Å². The van der Waals surface area contributed by atoms with Crippen LogP contribution in [-0.2, 0) is 10.3 Å². The number of nitrogens with zero attached hydrogens (tertiary/aromatic N) is 1. The van der Waals surface area contributed by atoms with Crippen LogP contribution in [0.25, 0.3) is 0 Å². The fourth-order valence-corrected chi connectivity index (χ4v) is 7.22. The van der Waals surface area contributed by atoms with Gasteiger partial charge >= 0.3 is 6.03 Å². The van der Waals surface area contributed by atoms with Gasteiger partial charge in [0.15, 0.2) is 0 Å². The van der Waals surface area contributed by atoms with Crippen molar-refractivity contribution in [2.24, 2.45) is 23.5 Å². The summed E-state index contributed by atoms with van der Waals surface area (Å²) in [5.41, 5.74) is 8.36. The molecule has 4 N–H and O–H groups in total. The molecule has 2 fully saturated rings. The van der Waals surface area contributed by atoms with Gasteiger partial charge in [-0.2, -0.15) is 0 Å². The Morgan fingerprint density at radius 2 is 1.94 bits per heavy atom. The zero-order valence-corrected chi connectivity index (χ0v) is 23.2. The van der Waals surface area contributed by atoms with Crippen molar-refractivity contribution in [2.75, 3.05) is 33.9 Å². The van der Waals surface area contributed by atoms with E-state index in [2.05, 4.69) is 37.4 Å². The minimum atomic E-state index is -1.03. The Morgan fingerprint density at radius 1 is 1.19 bits per heavy atom. The maximum Gasteiger partial charge on any atom is 0.315 e. The van der Waals surface area contributed by atoms with E-state index >= 15 is 0 Å². The highest BCUT2D eigenvalue weighted by molar-refractivity contribution is 5.72. The molecule has 1 aliphatic carbocycles. The van der Waals surface area contributed by atoms with Gasteiger partial charge in [0, 0.05) is 32.2 Å². The van der Waals surface area contributed by atoms with E-state index in [9.17, 15) is 9.90 Å². The molecule has 0 spiro atoms. The first-order valence-corrected chi connectivity index (χ1v) is 14.3. The van der Waals surface area contributed by atoms with Crippen LogP contribution in [0.4, 0.5) is 4.79 Å². The molecule has 4 atom stereocenters. The lowest BCUT2D eigenvalue weighted by Gasteiger charge is -2.52. The SMILES string of the molecule is CNC[C@H](CC1CCCCC1)C1C([C@@](O)(CCCCOC)c2cccc(C)c2C)CCCN1C(N)=O. The summed E-state index contributed by atoms with van der Waals surface area (Å²) in [4.78, 5) is 14.7. The van der Waals surface area contributed by atoms with Crippen LogP contribution < -0.4 is 11.1 Å². The number of hydrogen-bond acceptors (Lipinski definition) is 4. The molecule has 1 saturated heterocycles. The van der Waals surface area contributed by atoms with Crippen LogP contribution in [0.15, 0.2) is 18.2 Å². The fourth-order valence-electron chi connectivity index (χ4n) is 7.22. The lowest BCUT2D eigenvalue weighted by molar-refractivity contribution is -0.0939. The number of benzene rings is 1. The van der Waals surface area contributed by atoms with Crippen molar-refractivity contribution in [3.8, 4) is 0 Å². The first kappa shape index (κ1) is 28.9. The molecule has 2 aliphatic rings. The number of amides is 2. The van der Waals surface area contributed by atoms with Gasteiger partial charge in [-0.25, -0.2) is 4.79 Å². The average Bonchev–Trinajstić information content (AvgIpc) is 2.88. The van der Waals surface area contributed by atoms with Gasteiger partial charge in [-0.3, -0.25) is 0 Å². The first-order valence-electron chi connectivity index (χ1n) is 14.3. The molecule has 1 aromatic rings.